The molecule has 27 heavy (non-hydrogen) atoms. The number of aryl methyl sites for hydroxylation is 3. The molecular formula is C20H18N4O2S. The normalized spacial score (nSPS) is 11.2. The summed E-state index contributed by atoms with van der Waals surface area (Å²) in [6, 6.07) is 13.4. The lowest BCUT2D eigenvalue weighted by Gasteiger charge is -2.15. The summed E-state index contributed by atoms with van der Waals surface area (Å²) in [5, 5.41) is 9.07. The highest BCUT2D eigenvalue weighted by Gasteiger charge is 2.16. The number of benzene rings is 2. The first-order valence-electron chi connectivity index (χ1n) is 8.54. The molecule has 0 aliphatic rings. The van der Waals surface area contributed by atoms with Crippen molar-refractivity contribution >= 4 is 22.7 Å². The maximum Gasteiger partial charge on any atom is 0.266 e. The summed E-state index contributed by atoms with van der Waals surface area (Å²) in [5.74, 6) is 1.47. The van der Waals surface area contributed by atoms with Crippen LogP contribution in [0.3, 0.4) is 0 Å². The molecule has 0 saturated heterocycles. The number of rotatable bonds is 4. The second kappa shape index (κ2) is 7.00. The quantitative estimate of drug-likeness (QED) is 0.395. The molecule has 0 spiro atoms. The van der Waals surface area contributed by atoms with E-state index in [2.05, 4.69) is 16.3 Å². The van der Waals surface area contributed by atoms with Gasteiger partial charge >= 0.3 is 0 Å². The highest BCUT2D eigenvalue weighted by Crippen LogP contribution is 2.26. The van der Waals surface area contributed by atoms with Crippen molar-refractivity contribution < 1.29 is 4.42 Å². The van der Waals surface area contributed by atoms with Crippen LogP contribution < -0.4 is 5.56 Å². The van der Waals surface area contributed by atoms with Crippen LogP contribution in [0.2, 0.25) is 0 Å². The minimum Gasteiger partial charge on any atom is -0.425 e. The Labute approximate surface area is 160 Å². The van der Waals surface area contributed by atoms with E-state index in [1.54, 1.807) is 17.6 Å². The van der Waals surface area contributed by atoms with Gasteiger partial charge in [-0.15, -0.1) is 10.2 Å². The Morgan fingerprint density at radius 2 is 1.89 bits per heavy atom. The Hall–Kier alpha value is -2.93. The largest absolute Gasteiger partial charge is 0.425 e. The van der Waals surface area contributed by atoms with Gasteiger partial charge in [0.15, 0.2) is 5.16 Å². The molecule has 4 aromatic rings. The Balaban J connectivity index is 1.88. The summed E-state index contributed by atoms with van der Waals surface area (Å²) in [7, 11) is 0. The summed E-state index contributed by atoms with van der Waals surface area (Å²) in [4.78, 5) is 18.0. The van der Waals surface area contributed by atoms with Crippen molar-refractivity contribution in [1.82, 2.24) is 19.7 Å². The molecule has 0 atom stereocenters. The minimum atomic E-state index is -0.0863. The second-order valence-electron chi connectivity index (χ2n) is 6.35. The van der Waals surface area contributed by atoms with Crippen molar-refractivity contribution in [3.63, 3.8) is 0 Å². The standard InChI is InChI=1S/C20H18N4O2S/c1-12-8-9-17(13(2)10-12)24-19(25)15-6-4-5-7-16(15)21-20(24)27-11-18-23-22-14(3)26-18/h4-10H,11H2,1-3H3. The lowest BCUT2D eigenvalue weighted by Crippen LogP contribution is -2.22. The summed E-state index contributed by atoms with van der Waals surface area (Å²) in [6.07, 6.45) is 0. The van der Waals surface area contributed by atoms with Gasteiger partial charge in [-0.25, -0.2) is 4.98 Å². The number of thioether (sulfide) groups is 1. The summed E-state index contributed by atoms with van der Waals surface area (Å²) in [6.45, 7) is 5.78. The van der Waals surface area contributed by atoms with E-state index in [0.29, 0.717) is 33.6 Å². The lowest BCUT2D eigenvalue weighted by molar-refractivity contribution is 0.485. The number of para-hydroxylation sites is 1. The van der Waals surface area contributed by atoms with Crippen molar-refractivity contribution in [3.05, 3.63) is 75.7 Å². The van der Waals surface area contributed by atoms with Gasteiger partial charge in [0.1, 0.15) is 0 Å². The maximum atomic E-state index is 13.3. The van der Waals surface area contributed by atoms with Crippen molar-refractivity contribution in [3.8, 4) is 5.69 Å². The van der Waals surface area contributed by atoms with Crippen LogP contribution in [-0.2, 0) is 5.75 Å². The monoisotopic (exact) mass is 378 g/mol. The molecule has 2 aromatic heterocycles. The molecule has 6 nitrogen and oxygen atoms in total. The SMILES string of the molecule is Cc1ccc(-n2c(SCc3nnc(C)o3)nc3ccccc3c2=O)c(C)c1. The molecule has 0 bridgehead atoms. The molecule has 0 aliphatic heterocycles. The van der Waals surface area contributed by atoms with Gasteiger partial charge in [-0.3, -0.25) is 9.36 Å². The fraction of sp³-hybridized carbons (Fsp3) is 0.200. The van der Waals surface area contributed by atoms with Crippen LogP contribution in [0.25, 0.3) is 16.6 Å². The lowest BCUT2D eigenvalue weighted by atomic mass is 10.1. The molecule has 0 amide bonds. The van der Waals surface area contributed by atoms with E-state index in [1.807, 2.05) is 44.2 Å². The molecule has 4 rings (SSSR count). The van der Waals surface area contributed by atoms with Crippen LogP contribution in [0, 0.1) is 20.8 Å². The zero-order valence-corrected chi connectivity index (χ0v) is 16.1. The number of nitrogens with zero attached hydrogens (tertiary/aromatic N) is 4. The molecule has 0 fully saturated rings. The van der Waals surface area contributed by atoms with E-state index in [1.165, 1.54) is 11.8 Å². The van der Waals surface area contributed by atoms with E-state index in [9.17, 15) is 4.79 Å². The molecule has 2 heterocycles. The zero-order chi connectivity index (χ0) is 19.0. The van der Waals surface area contributed by atoms with Crippen molar-refractivity contribution in [1.29, 1.82) is 0 Å². The topological polar surface area (TPSA) is 73.8 Å². The number of hydrogen-bond acceptors (Lipinski definition) is 6. The van der Waals surface area contributed by atoms with Crippen LogP contribution in [0.4, 0.5) is 0 Å². The Morgan fingerprint density at radius 1 is 1.07 bits per heavy atom. The highest BCUT2D eigenvalue weighted by molar-refractivity contribution is 7.98. The molecular weight excluding hydrogens is 360 g/mol. The third-order valence-electron chi connectivity index (χ3n) is 4.23. The van der Waals surface area contributed by atoms with Gasteiger partial charge in [-0.1, -0.05) is 41.6 Å². The molecule has 0 unspecified atom stereocenters. The first-order valence-corrected chi connectivity index (χ1v) is 9.52. The van der Waals surface area contributed by atoms with Gasteiger partial charge in [-0.05, 0) is 37.6 Å². The third-order valence-corrected chi connectivity index (χ3v) is 5.15. The zero-order valence-electron chi connectivity index (χ0n) is 15.3. The third kappa shape index (κ3) is 3.38. The number of fused-ring (bicyclic) bond motifs is 1. The first kappa shape index (κ1) is 17.5. The van der Waals surface area contributed by atoms with Crippen LogP contribution in [0.1, 0.15) is 22.9 Å². The van der Waals surface area contributed by atoms with E-state index in [0.717, 1.165) is 16.8 Å². The van der Waals surface area contributed by atoms with Gasteiger partial charge in [0.05, 0.1) is 22.3 Å². The second-order valence-corrected chi connectivity index (χ2v) is 7.29. The predicted octanol–water partition coefficient (Wildman–Crippen LogP) is 3.99. The molecule has 0 radical (unpaired) electrons. The van der Waals surface area contributed by atoms with Crippen LogP contribution in [-0.4, -0.2) is 19.7 Å². The average Bonchev–Trinajstić information content (AvgIpc) is 3.06. The van der Waals surface area contributed by atoms with Crippen LogP contribution in [0.15, 0.2) is 56.8 Å². The minimum absolute atomic E-state index is 0.0863. The highest BCUT2D eigenvalue weighted by atomic mass is 32.2. The average molecular weight is 378 g/mol. The molecule has 7 heteroatoms. The van der Waals surface area contributed by atoms with Crippen molar-refractivity contribution in [2.45, 2.75) is 31.7 Å². The molecule has 136 valence electrons. The van der Waals surface area contributed by atoms with Gasteiger partial charge in [0.2, 0.25) is 11.8 Å². The molecule has 0 N–H and O–H groups in total. The van der Waals surface area contributed by atoms with Crippen molar-refractivity contribution in [2.24, 2.45) is 0 Å². The van der Waals surface area contributed by atoms with Crippen LogP contribution >= 0.6 is 11.8 Å². The Kier molecular flexibility index (Phi) is 4.53. The Bertz CT molecular complexity index is 1200. The fourth-order valence-corrected chi connectivity index (χ4v) is 3.84. The predicted molar refractivity (Wildman–Crippen MR) is 105 cm³/mol. The summed E-state index contributed by atoms with van der Waals surface area (Å²) >= 11 is 1.41. The smallest absolute Gasteiger partial charge is 0.266 e. The Morgan fingerprint density at radius 3 is 2.63 bits per heavy atom. The van der Waals surface area contributed by atoms with Gasteiger partial charge in [-0.2, -0.15) is 0 Å². The molecule has 0 saturated carbocycles. The van der Waals surface area contributed by atoms with E-state index in [-0.39, 0.29) is 5.56 Å². The summed E-state index contributed by atoms with van der Waals surface area (Å²) < 4.78 is 7.12. The van der Waals surface area contributed by atoms with E-state index < -0.39 is 0 Å². The number of hydrogen-bond donors (Lipinski definition) is 0. The van der Waals surface area contributed by atoms with Gasteiger partial charge in [0.25, 0.3) is 5.56 Å². The van der Waals surface area contributed by atoms with Crippen LogP contribution in [0.5, 0.6) is 0 Å². The summed E-state index contributed by atoms with van der Waals surface area (Å²) in [5.41, 5.74) is 3.58. The molecule has 2 aromatic carbocycles. The molecule has 0 aliphatic carbocycles. The van der Waals surface area contributed by atoms with Crippen molar-refractivity contribution in [2.75, 3.05) is 0 Å². The first-order chi connectivity index (χ1) is 13.0. The van der Waals surface area contributed by atoms with E-state index in [4.69, 9.17) is 9.40 Å². The van der Waals surface area contributed by atoms with E-state index >= 15 is 0 Å². The maximum absolute atomic E-state index is 13.3. The number of aromatic nitrogens is 4. The fourth-order valence-electron chi connectivity index (χ4n) is 3.00. The van der Waals surface area contributed by atoms with Gasteiger partial charge < -0.3 is 4.42 Å². The van der Waals surface area contributed by atoms with Gasteiger partial charge in [0, 0.05) is 6.92 Å².